The summed E-state index contributed by atoms with van der Waals surface area (Å²) in [6.07, 6.45) is -3.86. The quantitative estimate of drug-likeness (QED) is 0.162. The monoisotopic (exact) mass is 678 g/mol. The fraction of sp³-hybridized carbons (Fsp3) is 0.346. The summed E-state index contributed by atoms with van der Waals surface area (Å²) in [5.41, 5.74) is 3.72. The number of H-pyrrole nitrogens is 1. The second-order valence-electron chi connectivity index (χ2n) is 9.59. The van der Waals surface area contributed by atoms with Gasteiger partial charge >= 0.3 is 24.3 Å². The summed E-state index contributed by atoms with van der Waals surface area (Å²) in [6, 6.07) is 5.84. The molecule has 20 heteroatoms. The maximum absolute atomic E-state index is 12.2. The van der Waals surface area contributed by atoms with Crippen LogP contribution in [0.15, 0.2) is 37.1 Å². The van der Waals surface area contributed by atoms with Gasteiger partial charge in [-0.2, -0.15) is 26.3 Å². The van der Waals surface area contributed by atoms with Gasteiger partial charge in [0.25, 0.3) is 0 Å². The minimum atomic E-state index is -5.08. The standard InChI is InChI=1S/C22H23ClN8O.2C2HF3O2/c1-13(32)31-22(5-8-24-10-22)17-14(9-16(23)15-3-2-6-25-18(15)17)4-7-26-20-19-21(28-11-27-19)30-12-29-20;2*3-2(4,5)1(6)7/h2-3,6,9,11-12,24H,4-5,7-8,10H2,1H3,(H,31,32)(H2,26,27,28,29,30);2*(H,6,7)/t22-;;/m1../s1. The molecular weight excluding hydrogens is 654 g/mol. The number of anilines is 1. The van der Waals surface area contributed by atoms with Gasteiger partial charge in [-0.3, -0.25) is 9.78 Å². The minimum Gasteiger partial charge on any atom is -0.475 e. The summed E-state index contributed by atoms with van der Waals surface area (Å²) in [4.78, 5) is 50.4. The van der Waals surface area contributed by atoms with E-state index in [0.717, 1.165) is 35.0 Å². The number of rotatable bonds is 6. The van der Waals surface area contributed by atoms with Gasteiger partial charge in [-0.25, -0.2) is 24.5 Å². The second kappa shape index (κ2) is 14.5. The number of pyridine rings is 1. The molecule has 1 amide bonds. The Morgan fingerprint density at radius 1 is 1.02 bits per heavy atom. The number of hydrogen-bond acceptors (Lipinski definition) is 9. The summed E-state index contributed by atoms with van der Waals surface area (Å²) < 4.78 is 63.5. The zero-order valence-electron chi connectivity index (χ0n) is 23.6. The molecule has 4 aromatic rings. The summed E-state index contributed by atoms with van der Waals surface area (Å²) in [5.74, 6) is -4.92. The number of halogens is 7. The normalized spacial score (nSPS) is 16.2. The van der Waals surface area contributed by atoms with Crippen molar-refractivity contribution >= 4 is 57.3 Å². The van der Waals surface area contributed by atoms with Crippen LogP contribution in [-0.2, 0) is 26.3 Å². The van der Waals surface area contributed by atoms with Crippen molar-refractivity contribution in [1.82, 2.24) is 35.6 Å². The first-order valence-electron chi connectivity index (χ1n) is 13.0. The molecule has 248 valence electrons. The summed E-state index contributed by atoms with van der Waals surface area (Å²) >= 11 is 6.65. The van der Waals surface area contributed by atoms with Crippen molar-refractivity contribution in [2.45, 2.75) is 37.7 Å². The molecule has 0 aliphatic carbocycles. The summed E-state index contributed by atoms with van der Waals surface area (Å²) in [5, 5.41) is 25.8. The Morgan fingerprint density at radius 3 is 2.24 bits per heavy atom. The van der Waals surface area contributed by atoms with Crippen molar-refractivity contribution in [3.05, 3.63) is 53.2 Å². The number of aromatic amines is 1. The molecule has 1 aliphatic rings. The first-order valence-corrected chi connectivity index (χ1v) is 13.4. The predicted octanol–water partition coefficient (Wildman–Crippen LogP) is 3.80. The van der Waals surface area contributed by atoms with Gasteiger partial charge in [-0.15, -0.1) is 0 Å². The number of hydrogen-bond donors (Lipinski definition) is 6. The lowest BCUT2D eigenvalue weighted by molar-refractivity contribution is -0.193. The molecule has 13 nitrogen and oxygen atoms in total. The van der Waals surface area contributed by atoms with Crippen LogP contribution in [0, 0.1) is 0 Å². The molecule has 6 N–H and O–H groups in total. The Hall–Kier alpha value is -4.78. The molecule has 46 heavy (non-hydrogen) atoms. The number of alkyl halides is 6. The minimum absolute atomic E-state index is 0.0706. The van der Waals surface area contributed by atoms with Gasteiger partial charge in [-0.1, -0.05) is 11.6 Å². The van der Waals surface area contributed by atoms with Gasteiger partial charge in [0.2, 0.25) is 5.91 Å². The Balaban J connectivity index is 0.000000345. The highest BCUT2D eigenvalue weighted by Gasteiger charge is 2.40. The average Bonchev–Trinajstić information content (AvgIpc) is 3.63. The number of amides is 1. The van der Waals surface area contributed by atoms with Crippen LogP contribution in [0.5, 0.6) is 0 Å². The third-order valence-corrected chi connectivity index (χ3v) is 6.67. The molecule has 0 spiro atoms. The molecule has 0 bridgehead atoms. The maximum atomic E-state index is 12.2. The fourth-order valence-corrected chi connectivity index (χ4v) is 4.89. The van der Waals surface area contributed by atoms with E-state index in [-0.39, 0.29) is 5.91 Å². The first kappa shape index (κ1) is 35.7. The number of benzene rings is 1. The highest BCUT2D eigenvalue weighted by molar-refractivity contribution is 6.35. The van der Waals surface area contributed by atoms with Crippen LogP contribution < -0.4 is 16.0 Å². The number of aliphatic carboxylic acids is 2. The second-order valence-corrected chi connectivity index (χ2v) is 9.99. The van der Waals surface area contributed by atoms with Crippen LogP contribution >= 0.6 is 11.6 Å². The Labute approximate surface area is 259 Å². The Morgan fingerprint density at radius 2 is 1.67 bits per heavy atom. The van der Waals surface area contributed by atoms with Gasteiger partial charge in [0.1, 0.15) is 11.8 Å². The van der Waals surface area contributed by atoms with E-state index in [1.807, 2.05) is 18.2 Å². The highest BCUT2D eigenvalue weighted by Crippen LogP contribution is 2.38. The number of carbonyl (C=O) groups excluding carboxylic acids is 1. The maximum Gasteiger partial charge on any atom is 0.490 e. The third-order valence-electron chi connectivity index (χ3n) is 6.36. The lowest BCUT2D eigenvalue weighted by atomic mass is 9.82. The molecule has 1 aliphatic heterocycles. The van der Waals surface area contributed by atoms with E-state index in [0.29, 0.717) is 41.5 Å². The van der Waals surface area contributed by atoms with Crippen molar-refractivity contribution in [1.29, 1.82) is 0 Å². The van der Waals surface area contributed by atoms with Gasteiger partial charge < -0.3 is 31.1 Å². The van der Waals surface area contributed by atoms with Gasteiger partial charge in [0.05, 0.1) is 22.4 Å². The number of imidazole rings is 1. The number of carboxylic acid groups (broad SMARTS) is 2. The number of nitrogens with one attached hydrogen (secondary N) is 4. The molecule has 1 fully saturated rings. The number of aromatic nitrogens is 5. The molecular formula is C26H25ClF6N8O5. The number of carboxylic acids is 2. The van der Waals surface area contributed by atoms with Crippen molar-refractivity contribution in [3.63, 3.8) is 0 Å². The molecule has 0 saturated carbocycles. The van der Waals surface area contributed by atoms with Crippen molar-refractivity contribution < 1.29 is 50.9 Å². The average molecular weight is 679 g/mol. The van der Waals surface area contributed by atoms with Crippen LogP contribution in [0.4, 0.5) is 32.2 Å². The number of fused-ring (bicyclic) bond motifs is 2. The van der Waals surface area contributed by atoms with Crippen LogP contribution in [0.1, 0.15) is 24.5 Å². The Kier molecular flexibility index (Phi) is 11.3. The first-order chi connectivity index (χ1) is 21.5. The van der Waals surface area contributed by atoms with Crippen LogP contribution in [0.25, 0.3) is 22.1 Å². The van der Waals surface area contributed by atoms with Gasteiger partial charge in [-0.05, 0) is 43.1 Å². The van der Waals surface area contributed by atoms with Crippen LogP contribution in [0.3, 0.4) is 0 Å². The lowest BCUT2D eigenvalue weighted by Crippen LogP contribution is -2.47. The highest BCUT2D eigenvalue weighted by atomic mass is 35.5. The zero-order valence-corrected chi connectivity index (χ0v) is 24.3. The smallest absolute Gasteiger partial charge is 0.475 e. The van der Waals surface area contributed by atoms with E-state index in [4.69, 9.17) is 31.4 Å². The van der Waals surface area contributed by atoms with E-state index in [1.54, 1.807) is 19.4 Å². The number of nitrogens with zero attached hydrogens (tertiary/aromatic N) is 4. The van der Waals surface area contributed by atoms with Crippen molar-refractivity contribution in [3.8, 4) is 0 Å². The van der Waals surface area contributed by atoms with E-state index in [9.17, 15) is 31.1 Å². The van der Waals surface area contributed by atoms with Crippen molar-refractivity contribution in [2.24, 2.45) is 0 Å². The van der Waals surface area contributed by atoms with E-state index in [2.05, 4.69) is 40.9 Å². The predicted molar refractivity (Wildman–Crippen MR) is 151 cm³/mol. The SMILES string of the molecule is CC(=O)N[C@]1(c2c(CCNc3ncnc4[nH]cnc34)cc(Cl)c3cccnc23)CCNC1.O=C(O)C(F)(F)F.O=C(O)C(F)(F)F. The van der Waals surface area contributed by atoms with Gasteiger partial charge in [0.15, 0.2) is 11.5 Å². The van der Waals surface area contributed by atoms with Crippen LogP contribution in [-0.4, -0.2) is 85.0 Å². The Bertz CT molecular complexity index is 1690. The molecule has 0 radical (unpaired) electrons. The van der Waals surface area contributed by atoms with Crippen molar-refractivity contribution in [2.75, 3.05) is 25.0 Å². The molecule has 0 unspecified atom stereocenters. The topological polar surface area (TPSA) is 195 Å². The summed E-state index contributed by atoms with van der Waals surface area (Å²) in [6.45, 7) is 3.61. The molecule has 1 atom stereocenters. The summed E-state index contributed by atoms with van der Waals surface area (Å²) in [7, 11) is 0. The van der Waals surface area contributed by atoms with E-state index >= 15 is 0 Å². The fourth-order valence-electron chi connectivity index (χ4n) is 4.60. The zero-order chi connectivity index (χ0) is 34.3. The molecule has 1 saturated heterocycles. The van der Waals surface area contributed by atoms with Crippen LogP contribution in [0.2, 0.25) is 5.02 Å². The molecule has 5 rings (SSSR count). The number of carbonyl (C=O) groups is 3. The largest absolute Gasteiger partial charge is 0.490 e. The molecule has 1 aromatic carbocycles. The molecule has 4 heterocycles. The van der Waals surface area contributed by atoms with E-state index < -0.39 is 29.8 Å². The van der Waals surface area contributed by atoms with Gasteiger partial charge in [0, 0.05) is 37.2 Å². The third kappa shape index (κ3) is 8.90. The lowest BCUT2D eigenvalue weighted by Gasteiger charge is -2.33. The molecule has 3 aromatic heterocycles. The van der Waals surface area contributed by atoms with E-state index in [1.165, 1.54) is 6.33 Å².